The lowest BCUT2D eigenvalue weighted by molar-refractivity contribution is -0.134. The fourth-order valence-corrected chi connectivity index (χ4v) is 3.60. The molecule has 0 N–H and O–H groups in total. The number of carbonyl (C=O) groups excluding carboxylic acids is 2. The van der Waals surface area contributed by atoms with Crippen molar-refractivity contribution in [1.82, 2.24) is 19.6 Å². The number of ether oxygens (including phenoxy) is 1. The summed E-state index contributed by atoms with van der Waals surface area (Å²) in [7, 11) is 0. The SMILES string of the molecule is O=C(COc1ccccc1)N1CCN(C(=O)c2cc3n(n2)CCCC3)CC1. The number of piperazine rings is 1. The highest BCUT2D eigenvalue weighted by atomic mass is 16.5. The van der Waals surface area contributed by atoms with E-state index in [1.165, 1.54) is 0 Å². The fourth-order valence-electron chi connectivity index (χ4n) is 3.60. The van der Waals surface area contributed by atoms with Crippen LogP contribution >= 0.6 is 0 Å². The highest BCUT2D eigenvalue weighted by molar-refractivity contribution is 5.92. The number of para-hydroxylation sites is 1. The van der Waals surface area contributed by atoms with Gasteiger partial charge in [0.2, 0.25) is 0 Å². The number of benzene rings is 1. The Morgan fingerprint density at radius 2 is 1.70 bits per heavy atom. The van der Waals surface area contributed by atoms with Gasteiger partial charge in [-0.15, -0.1) is 0 Å². The molecule has 0 radical (unpaired) electrons. The van der Waals surface area contributed by atoms with E-state index in [-0.39, 0.29) is 18.4 Å². The summed E-state index contributed by atoms with van der Waals surface area (Å²) >= 11 is 0. The third kappa shape index (κ3) is 3.97. The summed E-state index contributed by atoms with van der Waals surface area (Å²) < 4.78 is 7.48. The van der Waals surface area contributed by atoms with E-state index in [0.717, 1.165) is 31.5 Å². The first kappa shape index (κ1) is 17.6. The van der Waals surface area contributed by atoms with E-state index in [1.54, 1.807) is 9.80 Å². The predicted molar refractivity (Wildman–Crippen MR) is 99.6 cm³/mol. The van der Waals surface area contributed by atoms with Gasteiger partial charge in [-0.3, -0.25) is 14.3 Å². The largest absolute Gasteiger partial charge is 0.484 e. The Bertz CT molecular complexity index is 786. The van der Waals surface area contributed by atoms with Crippen LogP contribution in [0.25, 0.3) is 0 Å². The van der Waals surface area contributed by atoms with E-state index in [4.69, 9.17) is 4.74 Å². The van der Waals surface area contributed by atoms with Crippen LogP contribution in [0.3, 0.4) is 0 Å². The van der Waals surface area contributed by atoms with Gasteiger partial charge < -0.3 is 14.5 Å². The van der Waals surface area contributed by atoms with E-state index in [2.05, 4.69) is 5.10 Å². The molecule has 7 heteroatoms. The zero-order chi connectivity index (χ0) is 18.6. The molecule has 0 unspecified atom stereocenters. The van der Waals surface area contributed by atoms with Crippen LogP contribution in [0.5, 0.6) is 5.75 Å². The van der Waals surface area contributed by atoms with Gasteiger partial charge in [0.1, 0.15) is 5.75 Å². The van der Waals surface area contributed by atoms with Crippen molar-refractivity contribution in [2.45, 2.75) is 25.8 Å². The molecule has 2 aliphatic rings. The minimum absolute atomic E-state index is 0.0196. The molecular formula is C20H24N4O3. The van der Waals surface area contributed by atoms with E-state index < -0.39 is 0 Å². The minimum Gasteiger partial charge on any atom is -0.484 e. The topological polar surface area (TPSA) is 67.7 Å². The Morgan fingerprint density at radius 3 is 2.44 bits per heavy atom. The Morgan fingerprint density at radius 1 is 0.963 bits per heavy atom. The Kier molecular flexibility index (Phi) is 5.09. The summed E-state index contributed by atoms with van der Waals surface area (Å²) in [6.07, 6.45) is 3.27. The zero-order valence-electron chi connectivity index (χ0n) is 15.3. The lowest BCUT2D eigenvalue weighted by Crippen LogP contribution is -2.51. The Labute approximate surface area is 158 Å². The molecule has 7 nitrogen and oxygen atoms in total. The van der Waals surface area contributed by atoms with Crippen LogP contribution in [0.1, 0.15) is 29.0 Å². The van der Waals surface area contributed by atoms with Crippen molar-refractivity contribution in [3.05, 3.63) is 47.8 Å². The maximum absolute atomic E-state index is 12.7. The van der Waals surface area contributed by atoms with Gasteiger partial charge in [-0.2, -0.15) is 5.10 Å². The monoisotopic (exact) mass is 368 g/mol. The number of fused-ring (bicyclic) bond motifs is 1. The van der Waals surface area contributed by atoms with Gasteiger partial charge in [0, 0.05) is 38.4 Å². The van der Waals surface area contributed by atoms with Gasteiger partial charge >= 0.3 is 0 Å². The molecular weight excluding hydrogens is 344 g/mol. The summed E-state index contributed by atoms with van der Waals surface area (Å²) in [5, 5.41) is 4.47. The van der Waals surface area contributed by atoms with Crippen molar-refractivity contribution in [3.8, 4) is 5.75 Å². The number of aryl methyl sites for hydroxylation is 2. The first-order chi connectivity index (χ1) is 13.2. The number of hydrogen-bond donors (Lipinski definition) is 0. The van der Waals surface area contributed by atoms with Crippen LogP contribution in [-0.2, 0) is 17.8 Å². The van der Waals surface area contributed by atoms with Gasteiger partial charge in [-0.1, -0.05) is 18.2 Å². The molecule has 0 bridgehead atoms. The summed E-state index contributed by atoms with van der Waals surface area (Å²) in [5.74, 6) is 0.594. The molecule has 1 aromatic heterocycles. The molecule has 2 aliphatic heterocycles. The number of aromatic nitrogens is 2. The molecule has 27 heavy (non-hydrogen) atoms. The second kappa shape index (κ2) is 7.82. The molecule has 3 heterocycles. The number of carbonyl (C=O) groups is 2. The van der Waals surface area contributed by atoms with Crippen LogP contribution in [0, 0.1) is 0 Å². The molecule has 2 amide bonds. The summed E-state index contributed by atoms with van der Waals surface area (Å²) in [6, 6.07) is 11.2. The third-order valence-corrected chi connectivity index (χ3v) is 5.16. The predicted octanol–water partition coefficient (Wildman–Crippen LogP) is 1.58. The molecule has 0 spiro atoms. The molecule has 0 saturated carbocycles. The minimum atomic E-state index is -0.0524. The van der Waals surface area contributed by atoms with Gasteiger partial charge in [0.25, 0.3) is 11.8 Å². The molecule has 0 atom stereocenters. The Balaban J connectivity index is 1.28. The van der Waals surface area contributed by atoms with Crippen LogP contribution in [0.15, 0.2) is 36.4 Å². The zero-order valence-corrected chi connectivity index (χ0v) is 15.3. The smallest absolute Gasteiger partial charge is 0.274 e. The summed E-state index contributed by atoms with van der Waals surface area (Å²) in [5.41, 5.74) is 1.68. The first-order valence-corrected chi connectivity index (χ1v) is 9.52. The highest BCUT2D eigenvalue weighted by Gasteiger charge is 2.27. The molecule has 0 aliphatic carbocycles. The summed E-state index contributed by atoms with van der Waals surface area (Å²) in [4.78, 5) is 28.6. The molecule has 4 rings (SSSR count). The maximum atomic E-state index is 12.7. The number of nitrogens with zero attached hydrogens (tertiary/aromatic N) is 4. The van der Waals surface area contributed by atoms with Gasteiger partial charge in [0.15, 0.2) is 12.3 Å². The molecule has 1 fully saturated rings. The van der Waals surface area contributed by atoms with Gasteiger partial charge in [0.05, 0.1) is 0 Å². The van der Waals surface area contributed by atoms with E-state index in [9.17, 15) is 9.59 Å². The van der Waals surface area contributed by atoms with Crippen molar-refractivity contribution in [3.63, 3.8) is 0 Å². The number of rotatable bonds is 4. The van der Waals surface area contributed by atoms with Crippen molar-refractivity contribution in [2.75, 3.05) is 32.8 Å². The third-order valence-electron chi connectivity index (χ3n) is 5.16. The molecule has 1 saturated heterocycles. The van der Waals surface area contributed by atoms with E-state index in [0.29, 0.717) is 37.6 Å². The van der Waals surface area contributed by atoms with Crippen LogP contribution in [0.4, 0.5) is 0 Å². The van der Waals surface area contributed by atoms with E-state index in [1.807, 2.05) is 41.1 Å². The van der Waals surface area contributed by atoms with E-state index >= 15 is 0 Å². The number of hydrogen-bond acceptors (Lipinski definition) is 4. The fraction of sp³-hybridized carbons (Fsp3) is 0.450. The maximum Gasteiger partial charge on any atom is 0.274 e. The van der Waals surface area contributed by atoms with Crippen molar-refractivity contribution >= 4 is 11.8 Å². The summed E-state index contributed by atoms with van der Waals surface area (Å²) in [6.45, 7) is 3.01. The van der Waals surface area contributed by atoms with Crippen LogP contribution < -0.4 is 4.74 Å². The lowest BCUT2D eigenvalue weighted by Gasteiger charge is -2.34. The van der Waals surface area contributed by atoms with Crippen LogP contribution in [-0.4, -0.2) is 64.2 Å². The average molecular weight is 368 g/mol. The van der Waals surface area contributed by atoms with Crippen LogP contribution in [0.2, 0.25) is 0 Å². The average Bonchev–Trinajstić information content (AvgIpc) is 3.16. The Hall–Kier alpha value is -2.83. The van der Waals surface area contributed by atoms with Crippen molar-refractivity contribution in [2.24, 2.45) is 0 Å². The second-order valence-corrected chi connectivity index (χ2v) is 6.98. The lowest BCUT2D eigenvalue weighted by atomic mass is 10.1. The second-order valence-electron chi connectivity index (χ2n) is 6.98. The molecule has 1 aromatic carbocycles. The van der Waals surface area contributed by atoms with Gasteiger partial charge in [-0.05, 0) is 37.5 Å². The standard InChI is InChI=1S/C20H24N4O3/c25-19(15-27-17-7-2-1-3-8-17)22-10-12-23(13-11-22)20(26)18-14-16-6-4-5-9-24(16)21-18/h1-3,7-8,14H,4-6,9-13,15H2. The quantitative estimate of drug-likeness (QED) is 0.822. The van der Waals surface area contributed by atoms with Crippen molar-refractivity contribution in [1.29, 1.82) is 0 Å². The molecule has 2 aromatic rings. The normalized spacial score (nSPS) is 16.7. The van der Waals surface area contributed by atoms with Gasteiger partial charge in [-0.25, -0.2) is 0 Å². The molecule has 142 valence electrons. The first-order valence-electron chi connectivity index (χ1n) is 9.52. The van der Waals surface area contributed by atoms with Crippen molar-refractivity contribution < 1.29 is 14.3 Å². The highest BCUT2D eigenvalue weighted by Crippen LogP contribution is 2.17. The number of amides is 2.